The fraction of sp³-hybridized carbons (Fsp3) is 0.143. The first-order valence-electron chi connectivity index (χ1n) is 6.41. The van der Waals surface area contributed by atoms with Crippen molar-refractivity contribution in [3.8, 4) is 10.4 Å². The predicted molar refractivity (Wildman–Crippen MR) is 88.6 cm³/mol. The summed E-state index contributed by atoms with van der Waals surface area (Å²) >= 11 is 1.52. The van der Waals surface area contributed by atoms with Gasteiger partial charge in [-0.1, -0.05) is 12.1 Å². The summed E-state index contributed by atoms with van der Waals surface area (Å²) in [6.45, 7) is 0. The topological polar surface area (TPSA) is 89.2 Å². The molecule has 0 aliphatic rings. The minimum absolute atomic E-state index is 0.0985. The molecule has 22 heavy (non-hydrogen) atoms. The zero-order chi connectivity index (χ0) is 15.9. The first-order chi connectivity index (χ1) is 10.4. The van der Waals surface area contributed by atoms with Crippen LogP contribution < -0.4 is 10.0 Å². The molecule has 0 saturated carbocycles. The molecule has 114 valence electrons. The summed E-state index contributed by atoms with van der Waals surface area (Å²) in [5.41, 5.74) is 1.62. The van der Waals surface area contributed by atoms with Gasteiger partial charge in [-0.3, -0.25) is 0 Å². The number of rotatable bonds is 3. The van der Waals surface area contributed by atoms with Gasteiger partial charge in [0.1, 0.15) is 12.1 Å². The first-order valence-corrected chi connectivity index (χ1v) is 8.77. The summed E-state index contributed by atoms with van der Waals surface area (Å²) in [4.78, 5) is 11.5. The summed E-state index contributed by atoms with van der Waals surface area (Å²) < 4.78 is 23.9. The van der Waals surface area contributed by atoms with Gasteiger partial charge < -0.3 is 4.90 Å². The summed E-state index contributed by atoms with van der Waals surface area (Å²) in [7, 11) is 0.122. The van der Waals surface area contributed by atoms with Crippen molar-refractivity contribution in [1.29, 1.82) is 0 Å². The minimum Gasteiger partial charge on any atom is -0.361 e. The number of nitrogens with two attached hydrogens (primary N) is 1. The fourth-order valence-corrected chi connectivity index (χ4v) is 3.87. The van der Waals surface area contributed by atoms with Crippen LogP contribution in [0.2, 0.25) is 0 Å². The van der Waals surface area contributed by atoms with Crippen LogP contribution in [0.4, 0.5) is 5.82 Å². The van der Waals surface area contributed by atoms with Gasteiger partial charge in [-0.15, -0.1) is 11.3 Å². The van der Waals surface area contributed by atoms with Crippen LogP contribution in [0.15, 0.2) is 41.6 Å². The van der Waals surface area contributed by atoms with E-state index in [1.807, 2.05) is 31.1 Å². The van der Waals surface area contributed by atoms with Gasteiger partial charge in [0.25, 0.3) is 0 Å². The third-order valence-corrected chi connectivity index (χ3v) is 5.24. The van der Waals surface area contributed by atoms with Gasteiger partial charge in [0.15, 0.2) is 0 Å². The van der Waals surface area contributed by atoms with Gasteiger partial charge in [0.05, 0.1) is 15.1 Å². The molecule has 0 aliphatic carbocycles. The van der Waals surface area contributed by atoms with Crippen molar-refractivity contribution in [1.82, 2.24) is 9.97 Å². The van der Waals surface area contributed by atoms with E-state index in [1.165, 1.54) is 23.7 Å². The van der Waals surface area contributed by atoms with E-state index in [2.05, 4.69) is 9.97 Å². The van der Waals surface area contributed by atoms with E-state index in [9.17, 15) is 8.42 Å². The van der Waals surface area contributed by atoms with E-state index in [4.69, 9.17) is 5.14 Å². The van der Waals surface area contributed by atoms with E-state index in [-0.39, 0.29) is 4.90 Å². The normalized spacial score (nSPS) is 11.8. The number of nitrogens with zero attached hydrogens (tertiary/aromatic N) is 3. The number of benzene rings is 1. The molecule has 0 spiro atoms. The molecule has 6 nitrogen and oxygen atoms in total. The van der Waals surface area contributed by atoms with Crippen LogP contribution in [0.1, 0.15) is 0 Å². The highest BCUT2D eigenvalue weighted by Crippen LogP contribution is 2.36. The van der Waals surface area contributed by atoms with Gasteiger partial charge in [0, 0.05) is 19.0 Å². The highest BCUT2D eigenvalue weighted by molar-refractivity contribution is 7.89. The summed E-state index contributed by atoms with van der Waals surface area (Å²) in [6, 6.07) is 8.51. The minimum atomic E-state index is -3.72. The molecule has 2 aromatic heterocycles. The van der Waals surface area contributed by atoms with Crippen molar-refractivity contribution in [2.24, 2.45) is 5.14 Å². The molecule has 2 N–H and O–H groups in total. The van der Waals surface area contributed by atoms with E-state index in [1.54, 1.807) is 12.1 Å². The van der Waals surface area contributed by atoms with Crippen LogP contribution in [-0.2, 0) is 10.0 Å². The molecule has 0 saturated heterocycles. The largest absolute Gasteiger partial charge is 0.361 e. The second kappa shape index (κ2) is 5.31. The van der Waals surface area contributed by atoms with E-state index in [0.29, 0.717) is 0 Å². The maximum absolute atomic E-state index is 11.5. The Morgan fingerprint density at radius 1 is 1.18 bits per heavy atom. The lowest BCUT2D eigenvalue weighted by atomic mass is 10.2. The van der Waals surface area contributed by atoms with Crippen molar-refractivity contribution in [2.45, 2.75) is 4.90 Å². The van der Waals surface area contributed by atoms with Gasteiger partial charge in [-0.2, -0.15) is 0 Å². The Hall–Kier alpha value is -2.03. The van der Waals surface area contributed by atoms with Crippen molar-refractivity contribution in [3.05, 3.63) is 36.7 Å². The SMILES string of the molecule is CN(C)c1ncnc2cc(-c3cccc(S(N)(=O)=O)c3)sc12. The van der Waals surface area contributed by atoms with Gasteiger partial charge >= 0.3 is 0 Å². The lowest BCUT2D eigenvalue weighted by Gasteiger charge is -2.10. The number of anilines is 1. The van der Waals surface area contributed by atoms with Crippen LogP contribution in [0, 0.1) is 0 Å². The highest BCUT2D eigenvalue weighted by atomic mass is 32.2. The lowest BCUT2D eigenvalue weighted by Crippen LogP contribution is -2.11. The molecule has 1 aromatic carbocycles. The predicted octanol–water partition coefficient (Wildman–Crippen LogP) is 2.07. The number of sulfonamides is 1. The number of thiophene rings is 1. The zero-order valence-corrected chi connectivity index (χ0v) is 13.6. The maximum Gasteiger partial charge on any atom is 0.238 e. The Balaban J connectivity index is 2.17. The van der Waals surface area contributed by atoms with Gasteiger partial charge in [-0.25, -0.2) is 23.5 Å². The molecule has 0 amide bonds. The highest BCUT2D eigenvalue weighted by Gasteiger charge is 2.13. The summed E-state index contributed by atoms with van der Waals surface area (Å²) in [6.07, 6.45) is 1.52. The van der Waals surface area contributed by atoms with E-state index >= 15 is 0 Å². The number of fused-ring (bicyclic) bond motifs is 1. The smallest absolute Gasteiger partial charge is 0.238 e. The standard InChI is InChI=1S/C14H14N4O2S2/c1-18(2)14-13-11(16-8-17-14)7-12(21-13)9-4-3-5-10(6-9)22(15,19)20/h3-8H,1-2H3,(H2,15,19,20). The van der Waals surface area contributed by atoms with E-state index < -0.39 is 10.0 Å². The van der Waals surface area contributed by atoms with Crippen LogP contribution in [0.25, 0.3) is 20.7 Å². The van der Waals surface area contributed by atoms with Gasteiger partial charge in [0.2, 0.25) is 10.0 Å². The van der Waals surface area contributed by atoms with Crippen molar-refractivity contribution in [3.63, 3.8) is 0 Å². The molecule has 3 aromatic rings. The van der Waals surface area contributed by atoms with Gasteiger partial charge in [-0.05, 0) is 23.8 Å². The Morgan fingerprint density at radius 2 is 1.95 bits per heavy atom. The monoisotopic (exact) mass is 334 g/mol. The second-order valence-electron chi connectivity index (χ2n) is 4.99. The number of hydrogen-bond donors (Lipinski definition) is 1. The molecule has 2 heterocycles. The third kappa shape index (κ3) is 2.68. The van der Waals surface area contributed by atoms with Crippen LogP contribution in [-0.4, -0.2) is 32.5 Å². The Kier molecular flexibility index (Phi) is 3.59. The Labute approximate surface area is 132 Å². The second-order valence-corrected chi connectivity index (χ2v) is 7.60. The van der Waals surface area contributed by atoms with Crippen molar-refractivity contribution in [2.75, 3.05) is 19.0 Å². The maximum atomic E-state index is 11.5. The number of primary sulfonamides is 1. The zero-order valence-electron chi connectivity index (χ0n) is 12.0. The summed E-state index contributed by atoms with van der Waals surface area (Å²) in [5, 5.41) is 5.19. The molecule has 8 heteroatoms. The average molecular weight is 334 g/mol. The lowest BCUT2D eigenvalue weighted by molar-refractivity contribution is 0.598. The number of hydrogen-bond acceptors (Lipinski definition) is 6. The molecule has 0 unspecified atom stereocenters. The van der Waals surface area contributed by atoms with E-state index in [0.717, 1.165) is 26.5 Å². The van der Waals surface area contributed by atoms with Crippen molar-refractivity contribution < 1.29 is 8.42 Å². The average Bonchev–Trinajstić information content (AvgIpc) is 2.90. The van der Waals surface area contributed by atoms with Crippen LogP contribution in [0.5, 0.6) is 0 Å². The molecular weight excluding hydrogens is 320 g/mol. The quantitative estimate of drug-likeness (QED) is 0.792. The Morgan fingerprint density at radius 3 is 2.64 bits per heavy atom. The fourth-order valence-electron chi connectivity index (χ4n) is 2.13. The molecule has 0 aliphatic heterocycles. The molecule has 0 radical (unpaired) electrons. The molecule has 0 fully saturated rings. The Bertz CT molecular complexity index is 948. The van der Waals surface area contributed by atoms with Crippen LogP contribution >= 0.6 is 11.3 Å². The molecular formula is C14H14N4O2S2. The van der Waals surface area contributed by atoms with Crippen LogP contribution in [0.3, 0.4) is 0 Å². The van der Waals surface area contributed by atoms with Crippen molar-refractivity contribution >= 4 is 37.4 Å². The molecule has 3 rings (SSSR count). The molecule has 0 atom stereocenters. The number of aromatic nitrogens is 2. The molecule has 0 bridgehead atoms. The summed E-state index contributed by atoms with van der Waals surface area (Å²) in [5.74, 6) is 0.837. The third-order valence-electron chi connectivity index (χ3n) is 3.16. The first kappa shape index (κ1) is 14.9.